The van der Waals surface area contributed by atoms with E-state index in [2.05, 4.69) is 17.4 Å². The van der Waals surface area contributed by atoms with E-state index in [4.69, 9.17) is 0 Å². The van der Waals surface area contributed by atoms with Crippen molar-refractivity contribution in [1.29, 1.82) is 0 Å². The molecule has 2 amide bonds. The minimum Gasteiger partial charge on any atom is -0.342 e. The fourth-order valence-electron chi connectivity index (χ4n) is 5.10. The predicted molar refractivity (Wildman–Crippen MR) is 114 cm³/mol. The van der Waals surface area contributed by atoms with Crippen LogP contribution in [0.25, 0.3) is 0 Å². The van der Waals surface area contributed by atoms with Gasteiger partial charge in [-0.2, -0.15) is 0 Å². The highest BCUT2D eigenvalue weighted by Gasteiger charge is 2.47. The van der Waals surface area contributed by atoms with Gasteiger partial charge in [0.05, 0.1) is 0 Å². The second kappa shape index (κ2) is 8.58. The Bertz CT molecular complexity index is 915. The zero-order valence-corrected chi connectivity index (χ0v) is 17.6. The summed E-state index contributed by atoms with van der Waals surface area (Å²) in [5, 5.41) is 3.05. The summed E-state index contributed by atoms with van der Waals surface area (Å²) in [6.45, 7) is 4.19. The number of piperazine rings is 1. The van der Waals surface area contributed by atoms with Gasteiger partial charge in [0, 0.05) is 12.1 Å². The lowest BCUT2D eigenvalue weighted by atomic mass is 9.86. The summed E-state index contributed by atoms with van der Waals surface area (Å²) in [5.74, 6) is -0.468. The molecule has 1 heterocycles. The molecule has 1 aliphatic heterocycles. The van der Waals surface area contributed by atoms with Gasteiger partial charge in [0.25, 0.3) is 0 Å². The monoisotopic (exact) mass is 408 g/mol. The average Bonchev–Trinajstić information content (AvgIpc) is 3.18. The molecule has 2 atom stereocenters. The molecule has 1 fully saturated rings. The van der Waals surface area contributed by atoms with Gasteiger partial charge in [-0.1, -0.05) is 69.2 Å². The molecular weight excluding hydrogens is 379 g/mol. The third kappa shape index (κ3) is 3.73. The van der Waals surface area contributed by atoms with Crippen LogP contribution in [0.1, 0.15) is 43.4 Å². The Kier molecular flexibility index (Phi) is 5.89. The second-order valence-corrected chi connectivity index (χ2v) is 8.50. The molecule has 4 rings (SSSR count). The first-order valence-corrected chi connectivity index (χ1v) is 10.9. The van der Waals surface area contributed by atoms with Crippen molar-refractivity contribution in [3.63, 3.8) is 0 Å². The molecule has 0 radical (unpaired) electrons. The summed E-state index contributed by atoms with van der Waals surface area (Å²) in [6.07, 6.45) is 3.12. The maximum atomic E-state index is 14.4. The van der Waals surface area contributed by atoms with Crippen molar-refractivity contribution in [3.8, 4) is 0 Å². The van der Waals surface area contributed by atoms with E-state index in [-0.39, 0.29) is 36.0 Å². The number of nitrogens with zero attached hydrogens (tertiary/aromatic N) is 1. The second-order valence-electron chi connectivity index (χ2n) is 8.50. The Morgan fingerprint density at radius 3 is 2.20 bits per heavy atom. The molecule has 2 aromatic carbocycles. The first-order valence-electron chi connectivity index (χ1n) is 10.9. The number of benzene rings is 2. The van der Waals surface area contributed by atoms with Crippen LogP contribution in [-0.2, 0) is 29.0 Å². The Labute approximate surface area is 177 Å². The summed E-state index contributed by atoms with van der Waals surface area (Å²) in [4.78, 5) is 28.5. The van der Waals surface area contributed by atoms with E-state index in [0.29, 0.717) is 5.56 Å². The number of carbonyl (C=O) groups excluding carboxylic acids is 2. The number of fused-ring (bicyclic) bond motifs is 1. The topological polar surface area (TPSA) is 49.4 Å². The van der Waals surface area contributed by atoms with E-state index < -0.39 is 12.1 Å². The van der Waals surface area contributed by atoms with Gasteiger partial charge in [-0.3, -0.25) is 9.59 Å². The van der Waals surface area contributed by atoms with Gasteiger partial charge < -0.3 is 10.2 Å². The summed E-state index contributed by atoms with van der Waals surface area (Å²) >= 11 is 0. The quantitative estimate of drug-likeness (QED) is 0.789. The van der Waals surface area contributed by atoms with Crippen LogP contribution in [-0.4, -0.2) is 28.8 Å². The van der Waals surface area contributed by atoms with E-state index >= 15 is 0 Å². The number of rotatable bonds is 6. The third-order valence-electron chi connectivity index (χ3n) is 6.80. The maximum Gasteiger partial charge on any atom is 0.246 e. The van der Waals surface area contributed by atoms with Crippen LogP contribution in [0.5, 0.6) is 0 Å². The van der Waals surface area contributed by atoms with Crippen LogP contribution in [0, 0.1) is 17.7 Å². The number of hydrogen-bond donors (Lipinski definition) is 1. The van der Waals surface area contributed by atoms with Crippen molar-refractivity contribution in [1.82, 2.24) is 10.2 Å². The molecule has 158 valence electrons. The van der Waals surface area contributed by atoms with Crippen molar-refractivity contribution in [2.75, 3.05) is 0 Å². The molecule has 1 saturated heterocycles. The number of amides is 2. The van der Waals surface area contributed by atoms with Crippen molar-refractivity contribution >= 4 is 11.8 Å². The Morgan fingerprint density at radius 1 is 1.00 bits per heavy atom. The van der Waals surface area contributed by atoms with Crippen LogP contribution in [0.3, 0.4) is 0 Å². The van der Waals surface area contributed by atoms with Gasteiger partial charge in [0.2, 0.25) is 11.8 Å². The van der Waals surface area contributed by atoms with Crippen molar-refractivity contribution < 1.29 is 14.0 Å². The van der Waals surface area contributed by atoms with Crippen LogP contribution < -0.4 is 5.32 Å². The molecule has 1 N–H and O–H groups in total. The molecule has 0 spiro atoms. The fourth-order valence-corrected chi connectivity index (χ4v) is 5.10. The highest BCUT2D eigenvalue weighted by Crippen LogP contribution is 2.33. The molecule has 2 aliphatic rings. The highest BCUT2D eigenvalue weighted by molar-refractivity contribution is 5.97. The smallest absolute Gasteiger partial charge is 0.246 e. The van der Waals surface area contributed by atoms with Gasteiger partial charge in [0.15, 0.2) is 0 Å². The van der Waals surface area contributed by atoms with E-state index in [1.54, 1.807) is 23.1 Å². The van der Waals surface area contributed by atoms with Gasteiger partial charge in [-0.05, 0) is 41.9 Å². The van der Waals surface area contributed by atoms with Crippen molar-refractivity contribution in [2.24, 2.45) is 11.8 Å². The minimum absolute atomic E-state index is 0.0321. The SMILES string of the molecule is CCC(CC)[C@@H]1C(=O)N[C@H](C2Cc3ccccc3C2)C(=O)N1Cc1ccccc1F. The predicted octanol–water partition coefficient (Wildman–Crippen LogP) is 3.87. The molecule has 0 saturated carbocycles. The van der Waals surface area contributed by atoms with Gasteiger partial charge in [-0.25, -0.2) is 4.39 Å². The van der Waals surface area contributed by atoms with E-state index in [1.165, 1.54) is 17.2 Å². The Hall–Kier alpha value is -2.69. The lowest BCUT2D eigenvalue weighted by Gasteiger charge is -2.43. The molecular formula is C25H29FN2O2. The largest absolute Gasteiger partial charge is 0.342 e. The lowest BCUT2D eigenvalue weighted by Crippen LogP contribution is -2.66. The molecule has 4 nitrogen and oxygen atoms in total. The van der Waals surface area contributed by atoms with Crippen LogP contribution in [0.4, 0.5) is 4.39 Å². The average molecular weight is 409 g/mol. The molecule has 30 heavy (non-hydrogen) atoms. The van der Waals surface area contributed by atoms with E-state index in [0.717, 1.165) is 25.7 Å². The Balaban J connectivity index is 1.64. The van der Waals surface area contributed by atoms with Crippen LogP contribution in [0.2, 0.25) is 0 Å². The van der Waals surface area contributed by atoms with Gasteiger partial charge in [-0.15, -0.1) is 0 Å². The number of halogens is 1. The number of hydrogen-bond acceptors (Lipinski definition) is 2. The van der Waals surface area contributed by atoms with Crippen molar-refractivity contribution in [3.05, 3.63) is 71.0 Å². The number of nitrogens with one attached hydrogen (secondary N) is 1. The lowest BCUT2D eigenvalue weighted by molar-refractivity contribution is -0.154. The highest BCUT2D eigenvalue weighted by atomic mass is 19.1. The zero-order chi connectivity index (χ0) is 21.3. The maximum absolute atomic E-state index is 14.4. The summed E-state index contributed by atoms with van der Waals surface area (Å²) in [7, 11) is 0. The number of carbonyl (C=O) groups is 2. The normalized spacial score (nSPS) is 21.8. The summed E-state index contributed by atoms with van der Waals surface area (Å²) in [5.41, 5.74) is 2.93. The van der Waals surface area contributed by atoms with E-state index in [9.17, 15) is 14.0 Å². The van der Waals surface area contributed by atoms with Gasteiger partial charge in [0.1, 0.15) is 17.9 Å². The van der Waals surface area contributed by atoms with E-state index in [1.807, 2.05) is 26.0 Å². The molecule has 1 aliphatic carbocycles. The Morgan fingerprint density at radius 2 is 1.60 bits per heavy atom. The summed E-state index contributed by atoms with van der Waals surface area (Å²) < 4.78 is 14.4. The van der Waals surface area contributed by atoms with Gasteiger partial charge >= 0.3 is 0 Å². The van der Waals surface area contributed by atoms with Crippen LogP contribution >= 0.6 is 0 Å². The third-order valence-corrected chi connectivity index (χ3v) is 6.80. The van der Waals surface area contributed by atoms with Crippen LogP contribution in [0.15, 0.2) is 48.5 Å². The first kappa shape index (κ1) is 20.6. The summed E-state index contributed by atoms with van der Waals surface area (Å²) in [6, 6.07) is 13.6. The molecule has 0 unspecified atom stereocenters. The van der Waals surface area contributed by atoms with Crippen molar-refractivity contribution in [2.45, 2.75) is 58.2 Å². The minimum atomic E-state index is -0.567. The zero-order valence-electron chi connectivity index (χ0n) is 17.6. The standard InChI is InChI=1S/C25H29FN2O2/c1-3-16(4-2)23-24(29)27-22(20-13-17-9-5-6-10-18(17)14-20)25(30)28(23)15-19-11-7-8-12-21(19)26/h5-12,16,20,22-23H,3-4,13-15H2,1-2H3,(H,27,29)/t22-,23-/m1/s1. The first-order chi connectivity index (χ1) is 14.5. The fraction of sp³-hybridized carbons (Fsp3) is 0.440. The molecule has 2 aromatic rings. The molecule has 5 heteroatoms. The molecule has 0 aromatic heterocycles. The molecule has 0 bridgehead atoms.